The monoisotopic (exact) mass is 461 g/mol. The molecule has 0 radical (unpaired) electrons. The van der Waals surface area contributed by atoms with Crippen molar-refractivity contribution >= 4 is 6.09 Å². The van der Waals surface area contributed by atoms with Crippen LogP contribution in [0.25, 0.3) is 11.1 Å². The van der Waals surface area contributed by atoms with E-state index in [4.69, 9.17) is 14.2 Å². The van der Waals surface area contributed by atoms with E-state index in [9.17, 15) is 4.79 Å². The maximum atomic E-state index is 13.3. The van der Waals surface area contributed by atoms with Gasteiger partial charge in [0.25, 0.3) is 0 Å². The Morgan fingerprint density at radius 1 is 0.971 bits per heavy atom. The van der Waals surface area contributed by atoms with Crippen LogP contribution in [0.15, 0.2) is 60.2 Å². The largest absolute Gasteiger partial charge is 0.448 e. The molecule has 2 atom stereocenters. The lowest BCUT2D eigenvalue weighted by molar-refractivity contribution is 0.0499. The van der Waals surface area contributed by atoms with Crippen molar-refractivity contribution in [3.63, 3.8) is 0 Å². The molecule has 5 heteroatoms. The number of carbonyl (C=O) groups excluding carboxylic acids is 1. The van der Waals surface area contributed by atoms with E-state index >= 15 is 0 Å². The molecule has 2 aromatic carbocycles. The van der Waals surface area contributed by atoms with Gasteiger partial charge in [-0.05, 0) is 60.8 Å². The lowest BCUT2D eigenvalue weighted by atomic mass is 9.84. The summed E-state index contributed by atoms with van der Waals surface area (Å²) in [6, 6.07) is 17.4. The minimum Gasteiger partial charge on any atom is -0.448 e. The summed E-state index contributed by atoms with van der Waals surface area (Å²) in [5.41, 5.74) is 6.49. The molecular weight excluding hydrogens is 426 g/mol. The van der Waals surface area contributed by atoms with Gasteiger partial charge in [-0.25, -0.2) is 4.79 Å². The first-order valence-corrected chi connectivity index (χ1v) is 12.7. The molecule has 3 aliphatic rings. The Morgan fingerprint density at radius 2 is 1.71 bits per heavy atom. The maximum absolute atomic E-state index is 13.3. The summed E-state index contributed by atoms with van der Waals surface area (Å²) in [6.07, 6.45) is 8.43. The van der Waals surface area contributed by atoms with Crippen molar-refractivity contribution in [1.82, 2.24) is 4.90 Å². The van der Waals surface area contributed by atoms with Gasteiger partial charge in [0, 0.05) is 25.7 Å². The van der Waals surface area contributed by atoms with Crippen LogP contribution in [0, 0.1) is 0 Å². The molecule has 1 fully saturated rings. The van der Waals surface area contributed by atoms with Gasteiger partial charge >= 0.3 is 6.09 Å². The molecule has 34 heavy (non-hydrogen) atoms. The molecule has 1 amide bonds. The zero-order chi connectivity index (χ0) is 23.3. The minimum absolute atomic E-state index is 0.102. The second-order valence-corrected chi connectivity index (χ2v) is 9.60. The molecule has 0 aromatic heterocycles. The van der Waals surface area contributed by atoms with E-state index in [-0.39, 0.29) is 24.1 Å². The Morgan fingerprint density at radius 3 is 2.41 bits per heavy atom. The Balaban J connectivity index is 1.21. The van der Waals surface area contributed by atoms with Crippen molar-refractivity contribution in [1.29, 1.82) is 0 Å². The highest BCUT2D eigenvalue weighted by atomic mass is 16.6. The first kappa shape index (κ1) is 23.1. The van der Waals surface area contributed by atoms with Crippen molar-refractivity contribution in [3.05, 3.63) is 71.3 Å². The predicted molar refractivity (Wildman–Crippen MR) is 133 cm³/mol. The summed E-state index contributed by atoms with van der Waals surface area (Å²) in [4.78, 5) is 15.3. The number of nitrogens with zero attached hydrogens (tertiary/aromatic N) is 1. The van der Waals surface area contributed by atoms with Gasteiger partial charge in [0.05, 0.1) is 19.3 Å². The van der Waals surface area contributed by atoms with E-state index in [1.165, 1.54) is 34.2 Å². The summed E-state index contributed by atoms with van der Waals surface area (Å²) in [5.74, 6) is 0.102. The van der Waals surface area contributed by atoms with Crippen LogP contribution in [-0.2, 0) is 14.2 Å². The number of ether oxygens (including phenoxy) is 3. The third-order valence-corrected chi connectivity index (χ3v) is 7.48. The molecule has 0 spiro atoms. The number of carbonyl (C=O) groups is 1. The quantitative estimate of drug-likeness (QED) is 0.343. The standard InChI is InChI=1S/C29H35NO4/c1-32-16-17-33-15-7-8-21-18-22-9-6-10-23(19-21)30(22)29(31)34-20-28-26-13-4-2-11-24(26)25-12-3-5-14-27(25)28/h2-5,11-14,18,22-23,28H,6-10,15-17,19-20H2,1H3. The van der Waals surface area contributed by atoms with Crippen LogP contribution in [-0.4, -0.2) is 56.6 Å². The molecule has 180 valence electrons. The van der Waals surface area contributed by atoms with E-state index in [0.29, 0.717) is 19.8 Å². The number of hydrogen-bond acceptors (Lipinski definition) is 4. The average Bonchev–Trinajstić information content (AvgIpc) is 3.18. The molecule has 2 bridgehead atoms. The number of piperidine rings is 1. The molecule has 1 aliphatic carbocycles. The van der Waals surface area contributed by atoms with Crippen molar-refractivity contribution in [2.45, 2.75) is 56.5 Å². The Kier molecular flexibility index (Phi) is 7.31. The van der Waals surface area contributed by atoms with Crippen molar-refractivity contribution in [3.8, 4) is 11.1 Å². The topological polar surface area (TPSA) is 48.0 Å². The number of fused-ring (bicyclic) bond motifs is 5. The average molecular weight is 462 g/mol. The SMILES string of the molecule is COCCOCCCC1=CC2CCCC(C1)N2C(=O)OCC1c2ccccc2-c2ccccc21. The second-order valence-electron chi connectivity index (χ2n) is 9.60. The Bertz CT molecular complexity index is 987. The fourth-order valence-corrected chi connectivity index (χ4v) is 5.90. The lowest BCUT2D eigenvalue weighted by Gasteiger charge is -2.44. The number of benzene rings is 2. The van der Waals surface area contributed by atoms with Gasteiger partial charge in [0.2, 0.25) is 0 Å². The van der Waals surface area contributed by atoms with Crippen LogP contribution in [0.4, 0.5) is 4.79 Å². The number of hydrogen-bond donors (Lipinski definition) is 0. The van der Waals surface area contributed by atoms with Crippen LogP contribution in [0.3, 0.4) is 0 Å². The van der Waals surface area contributed by atoms with Gasteiger partial charge in [0.15, 0.2) is 0 Å². The van der Waals surface area contributed by atoms with E-state index in [1.807, 2.05) is 4.90 Å². The third kappa shape index (κ3) is 4.77. The van der Waals surface area contributed by atoms with Crippen LogP contribution in [0.5, 0.6) is 0 Å². The molecule has 1 saturated heterocycles. The fourth-order valence-electron chi connectivity index (χ4n) is 5.90. The van der Waals surface area contributed by atoms with Crippen LogP contribution in [0.2, 0.25) is 0 Å². The molecule has 2 unspecified atom stereocenters. The highest BCUT2D eigenvalue weighted by molar-refractivity contribution is 5.79. The normalized spacial score (nSPS) is 21.1. The van der Waals surface area contributed by atoms with Gasteiger partial charge in [-0.1, -0.05) is 60.2 Å². The Labute approximate surface area is 202 Å². The molecule has 0 N–H and O–H groups in total. The first-order chi connectivity index (χ1) is 16.8. The predicted octanol–water partition coefficient (Wildman–Crippen LogP) is 5.93. The van der Waals surface area contributed by atoms with Gasteiger partial charge in [-0.15, -0.1) is 0 Å². The molecule has 0 saturated carbocycles. The highest BCUT2D eigenvalue weighted by Gasteiger charge is 2.38. The van der Waals surface area contributed by atoms with Crippen molar-refractivity contribution in [2.24, 2.45) is 0 Å². The van der Waals surface area contributed by atoms with Gasteiger partial charge in [-0.3, -0.25) is 4.90 Å². The zero-order valence-corrected chi connectivity index (χ0v) is 20.1. The number of rotatable bonds is 9. The van der Waals surface area contributed by atoms with E-state index in [2.05, 4.69) is 54.6 Å². The summed E-state index contributed by atoms with van der Waals surface area (Å²) < 4.78 is 16.6. The first-order valence-electron chi connectivity index (χ1n) is 12.7. The van der Waals surface area contributed by atoms with Crippen molar-refractivity contribution < 1.29 is 19.0 Å². The highest BCUT2D eigenvalue weighted by Crippen LogP contribution is 2.44. The fraction of sp³-hybridized carbons (Fsp3) is 0.483. The molecular formula is C29H35NO4. The Hall–Kier alpha value is -2.63. The van der Waals surface area contributed by atoms with Gasteiger partial charge < -0.3 is 14.2 Å². The second kappa shape index (κ2) is 10.7. The lowest BCUT2D eigenvalue weighted by Crippen LogP contribution is -2.52. The minimum atomic E-state index is -0.158. The number of methoxy groups -OCH3 is 1. The van der Waals surface area contributed by atoms with Crippen molar-refractivity contribution in [2.75, 3.05) is 33.5 Å². The molecule has 2 aromatic rings. The van der Waals surface area contributed by atoms with Gasteiger partial charge in [-0.2, -0.15) is 0 Å². The zero-order valence-electron chi connectivity index (χ0n) is 20.1. The summed E-state index contributed by atoms with van der Waals surface area (Å²) in [6.45, 7) is 2.43. The smallest absolute Gasteiger partial charge is 0.410 e. The summed E-state index contributed by atoms with van der Waals surface area (Å²) in [7, 11) is 1.69. The van der Waals surface area contributed by atoms with E-state index < -0.39 is 0 Å². The van der Waals surface area contributed by atoms with E-state index in [0.717, 1.165) is 38.7 Å². The van der Waals surface area contributed by atoms with Crippen LogP contribution in [0.1, 0.15) is 55.6 Å². The molecule has 5 nitrogen and oxygen atoms in total. The summed E-state index contributed by atoms with van der Waals surface area (Å²) >= 11 is 0. The molecule has 2 heterocycles. The number of amides is 1. The molecule has 5 rings (SSSR count). The van der Waals surface area contributed by atoms with Crippen LogP contribution >= 0.6 is 0 Å². The van der Waals surface area contributed by atoms with Gasteiger partial charge in [0.1, 0.15) is 6.61 Å². The molecule has 2 aliphatic heterocycles. The maximum Gasteiger partial charge on any atom is 0.410 e. The van der Waals surface area contributed by atoms with E-state index in [1.54, 1.807) is 7.11 Å². The third-order valence-electron chi connectivity index (χ3n) is 7.48. The summed E-state index contributed by atoms with van der Waals surface area (Å²) in [5, 5.41) is 0. The van der Waals surface area contributed by atoms with Crippen LogP contribution < -0.4 is 0 Å².